The molecule has 9 heavy (non-hydrogen) atoms. The fraction of sp³-hybridized carbons (Fsp3) is 0.143. The minimum absolute atomic E-state index is 0.327. The lowest BCUT2D eigenvalue weighted by Gasteiger charge is -1.89. The van der Waals surface area contributed by atoms with Gasteiger partial charge >= 0.3 is 0 Å². The van der Waals surface area contributed by atoms with Crippen molar-refractivity contribution < 1.29 is 0 Å². The maximum absolute atomic E-state index is 5.44. The fourth-order valence-electron chi connectivity index (χ4n) is 0.292. The van der Waals surface area contributed by atoms with Crippen molar-refractivity contribution in [1.82, 2.24) is 0 Å². The molecule has 0 aromatic heterocycles. The van der Waals surface area contributed by atoms with Gasteiger partial charge in [-0.05, 0) is 12.5 Å². The van der Waals surface area contributed by atoms with E-state index in [4.69, 9.17) is 17.3 Å². The van der Waals surface area contributed by atoms with Crippen LogP contribution in [0.15, 0.2) is 35.5 Å². The van der Waals surface area contributed by atoms with Crippen molar-refractivity contribution in [3.63, 3.8) is 0 Å². The Labute approximate surface area is 60.5 Å². The van der Waals surface area contributed by atoms with E-state index in [0.717, 1.165) is 5.57 Å². The Morgan fingerprint density at radius 3 is 2.56 bits per heavy atom. The first kappa shape index (κ1) is 8.31. The third kappa shape index (κ3) is 3.86. The smallest absolute Gasteiger partial charge is 0.102 e. The van der Waals surface area contributed by atoms with Gasteiger partial charge in [-0.2, -0.15) is 0 Å². The van der Waals surface area contributed by atoms with Gasteiger partial charge in [0.05, 0.1) is 0 Å². The predicted molar refractivity (Wildman–Crippen MR) is 42.1 cm³/mol. The van der Waals surface area contributed by atoms with Crippen molar-refractivity contribution in [3.8, 4) is 0 Å². The van der Waals surface area contributed by atoms with Crippen molar-refractivity contribution in [2.24, 2.45) is 5.73 Å². The van der Waals surface area contributed by atoms with Gasteiger partial charge in [0.1, 0.15) is 5.16 Å². The van der Waals surface area contributed by atoms with Crippen LogP contribution in [0.25, 0.3) is 0 Å². The Morgan fingerprint density at radius 1 is 1.67 bits per heavy atom. The molecule has 0 aliphatic heterocycles. The van der Waals surface area contributed by atoms with Crippen LogP contribution in [0.2, 0.25) is 0 Å². The molecule has 2 heteroatoms. The average molecular weight is 144 g/mol. The first-order valence-electron chi connectivity index (χ1n) is 2.59. The molecule has 0 amide bonds. The Bertz CT molecular complexity index is 152. The molecular formula is C7H10ClN. The summed E-state index contributed by atoms with van der Waals surface area (Å²) in [6.45, 7) is 5.33. The summed E-state index contributed by atoms with van der Waals surface area (Å²) in [6.07, 6.45) is 5.25. The molecule has 0 unspecified atom stereocenters. The van der Waals surface area contributed by atoms with Gasteiger partial charge in [-0.15, -0.1) is 0 Å². The van der Waals surface area contributed by atoms with Gasteiger partial charge in [-0.25, -0.2) is 0 Å². The van der Waals surface area contributed by atoms with Crippen molar-refractivity contribution in [2.45, 2.75) is 6.92 Å². The summed E-state index contributed by atoms with van der Waals surface area (Å²) < 4.78 is 0. The molecule has 0 saturated carbocycles. The Balaban J connectivity index is 4.06. The number of halogens is 1. The predicted octanol–water partition coefficient (Wildman–Crippen LogP) is 2.16. The third-order valence-electron chi connectivity index (χ3n) is 0.859. The lowest BCUT2D eigenvalue weighted by atomic mass is 10.3. The number of hydrogen-bond acceptors (Lipinski definition) is 1. The Morgan fingerprint density at radius 2 is 2.22 bits per heavy atom. The normalized spacial score (nSPS) is 13.6. The quantitative estimate of drug-likeness (QED) is 0.465. The highest BCUT2D eigenvalue weighted by molar-refractivity contribution is 6.29. The van der Waals surface area contributed by atoms with Crippen molar-refractivity contribution in [1.29, 1.82) is 0 Å². The molecule has 0 heterocycles. The Kier molecular flexibility index (Phi) is 3.89. The van der Waals surface area contributed by atoms with Crippen LogP contribution in [0, 0.1) is 0 Å². The molecule has 1 nitrogen and oxygen atoms in total. The number of allylic oxidation sites excluding steroid dienone is 4. The van der Waals surface area contributed by atoms with E-state index in [1.54, 1.807) is 18.2 Å². The van der Waals surface area contributed by atoms with E-state index >= 15 is 0 Å². The molecule has 2 N–H and O–H groups in total. The monoisotopic (exact) mass is 143 g/mol. The summed E-state index contributed by atoms with van der Waals surface area (Å²) >= 11 is 5.44. The maximum Gasteiger partial charge on any atom is 0.102 e. The van der Waals surface area contributed by atoms with Gasteiger partial charge in [0.2, 0.25) is 0 Å². The van der Waals surface area contributed by atoms with Crippen molar-refractivity contribution in [3.05, 3.63) is 35.5 Å². The SMILES string of the molecule is C=C/C=C\C(C)=C(/N)Cl. The van der Waals surface area contributed by atoms with Crippen LogP contribution in [0.1, 0.15) is 6.92 Å². The highest BCUT2D eigenvalue weighted by Gasteiger charge is 1.84. The summed E-state index contributed by atoms with van der Waals surface area (Å²) in [5.74, 6) is 0. The first-order valence-corrected chi connectivity index (χ1v) is 2.97. The molecule has 0 atom stereocenters. The fourth-order valence-corrected chi connectivity index (χ4v) is 0.355. The van der Waals surface area contributed by atoms with Crippen LogP contribution in [-0.4, -0.2) is 0 Å². The topological polar surface area (TPSA) is 26.0 Å². The van der Waals surface area contributed by atoms with Gasteiger partial charge in [0.15, 0.2) is 0 Å². The van der Waals surface area contributed by atoms with E-state index in [2.05, 4.69) is 6.58 Å². The van der Waals surface area contributed by atoms with Crippen LogP contribution in [0.4, 0.5) is 0 Å². The van der Waals surface area contributed by atoms with Crippen molar-refractivity contribution in [2.75, 3.05) is 0 Å². The van der Waals surface area contributed by atoms with Gasteiger partial charge in [-0.1, -0.05) is 36.4 Å². The zero-order chi connectivity index (χ0) is 7.28. The highest BCUT2D eigenvalue weighted by atomic mass is 35.5. The van der Waals surface area contributed by atoms with Crippen LogP contribution < -0.4 is 5.73 Å². The molecule has 0 radical (unpaired) electrons. The maximum atomic E-state index is 5.44. The molecule has 0 aromatic carbocycles. The van der Waals surface area contributed by atoms with Crippen LogP contribution in [-0.2, 0) is 0 Å². The molecule has 0 bridgehead atoms. The molecular weight excluding hydrogens is 134 g/mol. The molecule has 50 valence electrons. The summed E-state index contributed by atoms with van der Waals surface area (Å²) in [6, 6.07) is 0. The summed E-state index contributed by atoms with van der Waals surface area (Å²) in [5.41, 5.74) is 6.09. The average Bonchev–Trinajstić information content (AvgIpc) is 1.82. The van der Waals surface area contributed by atoms with Crippen molar-refractivity contribution >= 4 is 11.6 Å². The molecule has 0 rings (SSSR count). The van der Waals surface area contributed by atoms with E-state index in [-0.39, 0.29) is 0 Å². The second-order valence-corrected chi connectivity index (χ2v) is 2.03. The van der Waals surface area contributed by atoms with Crippen LogP contribution >= 0.6 is 11.6 Å². The summed E-state index contributed by atoms with van der Waals surface area (Å²) in [5, 5.41) is 0.327. The van der Waals surface area contributed by atoms with Crippen LogP contribution in [0.3, 0.4) is 0 Å². The molecule has 0 aliphatic carbocycles. The van der Waals surface area contributed by atoms with E-state index in [1.165, 1.54) is 0 Å². The standard InChI is InChI=1S/C7H10ClN/c1-3-4-5-6(2)7(8)9/h3-5H,1,9H2,2H3/b5-4-,7-6-. The zero-order valence-corrected chi connectivity index (χ0v) is 6.15. The third-order valence-corrected chi connectivity index (χ3v) is 1.16. The zero-order valence-electron chi connectivity index (χ0n) is 5.39. The summed E-state index contributed by atoms with van der Waals surface area (Å²) in [7, 11) is 0. The van der Waals surface area contributed by atoms with Gasteiger partial charge < -0.3 is 5.73 Å². The first-order chi connectivity index (χ1) is 4.18. The minimum atomic E-state index is 0.327. The van der Waals surface area contributed by atoms with Gasteiger partial charge in [-0.3, -0.25) is 0 Å². The van der Waals surface area contributed by atoms with Gasteiger partial charge in [0, 0.05) is 0 Å². The molecule has 0 fully saturated rings. The lowest BCUT2D eigenvalue weighted by Crippen LogP contribution is -1.89. The van der Waals surface area contributed by atoms with E-state index in [9.17, 15) is 0 Å². The second kappa shape index (κ2) is 4.21. The second-order valence-electron chi connectivity index (χ2n) is 1.63. The number of rotatable bonds is 2. The number of hydrogen-bond donors (Lipinski definition) is 1. The molecule has 0 saturated heterocycles. The van der Waals surface area contributed by atoms with E-state index in [0.29, 0.717) is 5.16 Å². The Hall–Kier alpha value is -0.690. The molecule has 0 aliphatic rings. The highest BCUT2D eigenvalue weighted by Crippen LogP contribution is 2.02. The van der Waals surface area contributed by atoms with Crippen LogP contribution in [0.5, 0.6) is 0 Å². The van der Waals surface area contributed by atoms with E-state index in [1.807, 2.05) is 6.92 Å². The largest absolute Gasteiger partial charge is 0.389 e. The summed E-state index contributed by atoms with van der Waals surface area (Å²) in [4.78, 5) is 0. The molecule has 0 spiro atoms. The molecule has 0 aromatic rings. The minimum Gasteiger partial charge on any atom is -0.389 e. The number of nitrogens with two attached hydrogens (primary N) is 1. The van der Waals surface area contributed by atoms with E-state index < -0.39 is 0 Å². The lowest BCUT2D eigenvalue weighted by molar-refractivity contribution is 1.39. The van der Waals surface area contributed by atoms with Gasteiger partial charge in [0.25, 0.3) is 0 Å².